The lowest BCUT2D eigenvalue weighted by molar-refractivity contribution is 0.0422. The summed E-state index contributed by atoms with van der Waals surface area (Å²) in [5.41, 5.74) is 0.678. The fraction of sp³-hybridized carbons (Fsp3) is 0.0714. The van der Waals surface area contributed by atoms with E-state index in [0.29, 0.717) is 5.56 Å². The van der Waals surface area contributed by atoms with Gasteiger partial charge in [-0.1, -0.05) is 5.16 Å². The Balaban J connectivity index is 1.65. The highest BCUT2D eigenvalue weighted by molar-refractivity contribution is 5.86. The summed E-state index contributed by atoms with van der Waals surface area (Å²) in [6.07, 6.45) is 4.12. The third-order valence-electron chi connectivity index (χ3n) is 2.67. The number of aromatic nitrogens is 4. The molecule has 0 saturated heterocycles. The number of ether oxygens (including phenoxy) is 1. The van der Waals surface area contributed by atoms with Gasteiger partial charge in [-0.05, 0) is 24.3 Å². The second kappa shape index (κ2) is 6.08. The van der Waals surface area contributed by atoms with Crippen LogP contribution in [-0.2, 0) is 11.3 Å². The maximum atomic E-state index is 12.8. The molecule has 0 radical (unpaired) electrons. The van der Waals surface area contributed by atoms with Crippen LogP contribution in [0.5, 0.6) is 0 Å². The van der Waals surface area contributed by atoms with Gasteiger partial charge in [0.2, 0.25) is 5.82 Å². The second-order valence-electron chi connectivity index (χ2n) is 4.19. The molecule has 0 spiro atoms. The van der Waals surface area contributed by atoms with Gasteiger partial charge in [0, 0.05) is 18.0 Å². The zero-order valence-corrected chi connectivity index (χ0v) is 11.1. The molecule has 22 heavy (non-hydrogen) atoms. The molecule has 2 heterocycles. The summed E-state index contributed by atoms with van der Waals surface area (Å²) < 4.78 is 22.8. The number of hydrogen-bond acceptors (Lipinski definition) is 7. The number of rotatable bonds is 4. The fourth-order valence-electron chi connectivity index (χ4n) is 1.64. The zero-order chi connectivity index (χ0) is 15.4. The van der Waals surface area contributed by atoms with E-state index < -0.39 is 5.97 Å². The monoisotopic (exact) mass is 300 g/mol. The van der Waals surface area contributed by atoms with Crippen LogP contribution in [0.4, 0.5) is 4.39 Å². The van der Waals surface area contributed by atoms with Crippen molar-refractivity contribution in [1.29, 1.82) is 0 Å². The van der Waals surface area contributed by atoms with Crippen molar-refractivity contribution in [3.8, 4) is 11.4 Å². The first-order valence-corrected chi connectivity index (χ1v) is 6.24. The molecule has 1 aromatic carbocycles. The summed E-state index contributed by atoms with van der Waals surface area (Å²) in [7, 11) is 0. The van der Waals surface area contributed by atoms with E-state index in [0.717, 1.165) is 0 Å². The van der Waals surface area contributed by atoms with Crippen LogP contribution in [0.15, 0.2) is 47.4 Å². The highest BCUT2D eigenvalue weighted by Crippen LogP contribution is 2.16. The molecule has 0 saturated carbocycles. The predicted molar refractivity (Wildman–Crippen MR) is 70.8 cm³/mol. The highest BCUT2D eigenvalue weighted by Gasteiger charge is 2.13. The number of halogens is 1. The lowest BCUT2D eigenvalue weighted by atomic mass is 10.2. The number of nitrogens with zero attached hydrogens (tertiary/aromatic N) is 4. The Morgan fingerprint density at radius 1 is 1.23 bits per heavy atom. The van der Waals surface area contributed by atoms with Crippen molar-refractivity contribution in [3.05, 3.63) is 60.3 Å². The number of hydrogen-bond donors (Lipinski definition) is 0. The summed E-state index contributed by atoms with van der Waals surface area (Å²) in [6, 6.07) is 5.63. The lowest BCUT2D eigenvalue weighted by Gasteiger charge is -1.99. The molecule has 0 bridgehead atoms. The van der Waals surface area contributed by atoms with Gasteiger partial charge >= 0.3 is 5.97 Å². The van der Waals surface area contributed by atoms with E-state index in [1.807, 2.05) is 0 Å². The first-order valence-electron chi connectivity index (χ1n) is 6.24. The minimum Gasteiger partial charge on any atom is -0.451 e. The Kier molecular flexibility index (Phi) is 3.82. The Bertz CT molecular complexity index is 774. The number of benzene rings is 1. The van der Waals surface area contributed by atoms with Crippen LogP contribution < -0.4 is 0 Å². The summed E-state index contributed by atoms with van der Waals surface area (Å²) in [5.74, 6) is -0.595. The highest BCUT2D eigenvalue weighted by atomic mass is 19.1. The van der Waals surface area contributed by atoms with E-state index in [4.69, 9.17) is 9.26 Å². The molecular weight excluding hydrogens is 291 g/mol. The van der Waals surface area contributed by atoms with E-state index in [2.05, 4.69) is 20.1 Å². The number of carbonyl (C=O) groups is 1. The summed E-state index contributed by atoms with van der Waals surface area (Å²) in [6.45, 7) is -0.191. The maximum Gasteiger partial charge on any atom is 0.359 e. The first-order chi connectivity index (χ1) is 10.7. The van der Waals surface area contributed by atoms with Crippen LogP contribution in [0.2, 0.25) is 0 Å². The predicted octanol–water partition coefficient (Wildman–Crippen LogP) is 2.02. The Labute approximate surface area is 123 Å². The summed E-state index contributed by atoms with van der Waals surface area (Å²) in [5, 5.41) is 3.74. The average molecular weight is 300 g/mol. The van der Waals surface area contributed by atoms with Crippen molar-refractivity contribution in [2.75, 3.05) is 0 Å². The van der Waals surface area contributed by atoms with E-state index in [1.165, 1.54) is 42.9 Å². The van der Waals surface area contributed by atoms with Gasteiger partial charge in [-0.2, -0.15) is 4.98 Å². The van der Waals surface area contributed by atoms with Crippen LogP contribution in [0.3, 0.4) is 0 Å². The average Bonchev–Trinajstić information content (AvgIpc) is 3.03. The van der Waals surface area contributed by atoms with Gasteiger partial charge < -0.3 is 9.26 Å². The topological polar surface area (TPSA) is 91.0 Å². The van der Waals surface area contributed by atoms with Crippen LogP contribution >= 0.6 is 0 Å². The fourth-order valence-corrected chi connectivity index (χ4v) is 1.64. The van der Waals surface area contributed by atoms with Gasteiger partial charge in [-0.25, -0.2) is 14.2 Å². The van der Waals surface area contributed by atoms with Crippen LogP contribution in [-0.4, -0.2) is 26.1 Å². The van der Waals surface area contributed by atoms with Crippen molar-refractivity contribution < 1.29 is 18.4 Å². The Hall–Kier alpha value is -3.16. The molecule has 2 aromatic heterocycles. The molecule has 0 aliphatic carbocycles. The van der Waals surface area contributed by atoms with Gasteiger partial charge in [-0.3, -0.25) is 4.98 Å². The van der Waals surface area contributed by atoms with Crippen molar-refractivity contribution in [3.63, 3.8) is 0 Å². The SMILES string of the molecule is O=C(OCc1nc(-c2ccc(F)cc2)no1)c1cnccn1. The third-order valence-corrected chi connectivity index (χ3v) is 2.67. The molecular formula is C14H9FN4O3. The molecule has 0 unspecified atom stereocenters. The lowest BCUT2D eigenvalue weighted by Crippen LogP contribution is -2.07. The van der Waals surface area contributed by atoms with Crippen LogP contribution in [0, 0.1) is 5.82 Å². The van der Waals surface area contributed by atoms with Gasteiger partial charge in [0.15, 0.2) is 12.3 Å². The van der Waals surface area contributed by atoms with E-state index in [9.17, 15) is 9.18 Å². The minimum absolute atomic E-state index is 0.0840. The Morgan fingerprint density at radius 3 is 2.77 bits per heavy atom. The molecule has 110 valence electrons. The van der Waals surface area contributed by atoms with Crippen molar-refractivity contribution in [2.45, 2.75) is 6.61 Å². The molecule has 0 aliphatic rings. The number of esters is 1. The van der Waals surface area contributed by atoms with E-state index >= 15 is 0 Å². The maximum absolute atomic E-state index is 12.8. The number of carbonyl (C=O) groups excluding carboxylic acids is 1. The van der Waals surface area contributed by atoms with Crippen molar-refractivity contribution >= 4 is 5.97 Å². The van der Waals surface area contributed by atoms with Gasteiger partial charge in [-0.15, -0.1) is 0 Å². The van der Waals surface area contributed by atoms with Gasteiger partial charge in [0.05, 0.1) is 6.20 Å². The third kappa shape index (κ3) is 3.11. The molecule has 0 aliphatic heterocycles. The Morgan fingerprint density at radius 2 is 2.05 bits per heavy atom. The van der Waals surface area contributed by atoms with Gasteiger partial charge in [0.25, 0.3) is 5.89 Å². The van der Waals surface area contributed by atoms with Crippen LogP contribution in [0.1, 0.15) is 16.4 Å². The second-order valence-corrected chi connectivity index (χ2v) is 4.19. The molecule has 7 nitrogen and oxygen atoms in total. The smallest absolute Gasteiger partial charge is 0.359 e. The van der Waals surface area contributed by atoms with Crippen molar-refractivity contribution in [2.24, 2.45) is 0 Å². The molecule has 0 atom stereocenters. The van der Waals surface area contributed by atoms with E-state index in [1.54, 1.807) is 0 Å². The molecule has 0 amide bonds. The molecule has 0 fully saturated rings. The largest absolute Gasteiger partial charge is 0.451 e. The molecule has 8 heteroatoms. The quantitative estimate of drug-likeness (QED) is 0.681. The normalized spacial score (nSPS) is 10.4. The van der Waals surface area contributed by atoms with Gasteiger partial charge in [0.1, 0.15) is 5.82 Å². The molecule has 3 rings (SSSR count). The summed E-state index contributed by atoms with van der Waals surface area (Å²) in [4.78, 5) is 23.3. The molecule has 0 N–H and O–H groups in total. The van der Waals surface area contributed by atoms with Crippen molar-refractivity contribution in [1.82, 2.24) is 20.1 Å². The van der Waals surface area contributed by atoms with Crippen LogP contribution in [0.25, 0.3) is 11.4 Å². The minimum atomic E-state index is -0.644. The molecule has 3 aromatic rings. The van der Waals surface area contributed by atoms with E-state index in [-0.39, 0.29) is 29.8 Å². The summed E-state index contributed by atoms with van der Waals surface area (Å²) >= 11 is 0. The zero-order valence-electron chi connectivity index (χ0n) is 11.1. The standard InChI is InChI=1S/C14H9FN4O3/c15-10-3-1-9(2-4-10)13-18-12(22-19-13)8-21-14(20)11-7-16-5-6-17-11/h1-7H,8H2. The first kappa shape index (κ1) is 13.8.